The number of hydrogen-bond acceptors (Lipinski definition) is 3. The van der Waals surface area contributed by atoms with Gasteiger partial charge in [-0.15, -0.1) is 16.7 Å². The normalized spacial score (nSPS) is 13.1. The van der Waals surface area contributed by atoms with Crippen LogP contribution in [0.4, 0.5) is 0 Å². The molecule has 0 radical (unpaired) electrons. The van der Waals surface area contributed by atoms with E-state index in [1.165, 1.54) is 0 Å². The van der Waals surface area contributed by atoms with E-state index in [2.05, 4.69) is 22.6 Å². The second-order valence-corrected chi connectivity index (χ2v) is 4.02. The molecule has 0 saturated carbocycles. The summed E-state index contributed by atoms with van der Waals surface area (Å²) in [5, 5.41) is 11.3. The van der Waals surface area contributed by atoms with Crippen LogP contribution in [0, 0.1) is 0 Å². The van der Waals surface area contributed by atoms with Gasteiger partial charge >= 0.3 is 0 Å². The molecule has 1 rings (SSSR count). The zero-order valence-corrected chi connectivity index (χ0v) is 9.46. The molecule has 0 saturated heterocycles. The van der Waals surface area contributed by atoms with Crippen molar-refractivity contribution >= 4 is 11.6 Å². The molecule has 1 unspecified atom stereocenters. The van der Waals surface area contributed by atoms with E-state index in [1.807, 2.05) is 13.2 Å². The Hall–Kier alpha value is -0.610. The highest BCUT2D eigenvalue weighted by Gasteiger charge is 2.03. The van der Waals surface area contributed by atoms with Gasteiger partial charge in [-0.3, -0.25) is 4.68 Å². The van der Waals surface area contributed by atoms with Gasteiger partial charge in [0.25, 0.3) is 0 Å². The minimum Gasteiger partial charge on any atom is -0.310 e. The van der Waals surface area contributed by atoms with E-state index in [0.717, 1.165) is 31.6 Å². The molecule has 0 aromatic carbocycles. The third-order valence-electron chi connectivity index (χ3n) is 1.92. The van der Waals surface area contributed by atoms with Gasteiger partial charge in [-0.1, -0.05) is 18.6 Å². The van der Waals surface area contributed by atoms with E-state index >= 15 is 0 Å². The summed E-state index contributed by atoms with van der Waals surface area (Å²) in [5.74, 6) is 0. The highest BCUT2D eigenvalue weighted by Crippen LogP contribution is 2.03. The van der Waals surface area contributed by atoms with Crippen molar-refractivity contribution in [1.29, 1.82) is 0 Å². The average Bonchev–Trinajstić information content (AvgIpc) is 2.52. The number of alkyl halides is 1. The molecule has 1 heterocycles. The molecule has 5 heteroatoms. The lowest BCUT2D eigenvalue weighted by Gasteiger charge is -2.07. The molecule has 1 aromatic rings. The first-order chi connectivity index (χ1) is 6.72. The molecule has 0 aliphatic rings. The molecular formula is C9H17ClN4. The van der Waals surface area contributed by atoms with E-state index in [4.69, 9.17) is 11.6 Å². The molecule has 14 heavy (non-hydrogen) atoms. The lowest BCUT2D eigenvalue weighted by molar-refractivity contribution is 0.616. The quantitative estimate of drug-likeness (QED) is 0.730. The van der Waals surface area contributed by atoms with Crippen LogP contribution in [0.15, 0.2) is 6.20 Å². The van der Waals surface area contributed by atoms with Crippen molar-refractivity contribution < 1.29 is 0 Å². The molecule has 1 aromatic heterocycles. The van der Waals surface area contributed by atoms with Crippen molar-refractivity contribution in [3.63, 3.8) is 0 Å². The Morgan fingerprint density at radius 2 is 2.43 bits per heavy atom. The molecule has 0 aliphatic carbocycles. The van der Waals surface area contributed by atoms with Crippen molar-refractivity contribution in [3.05, 3.63) is 11.9 Å². The Kier molecular flexibility index (Phi) is 4.90. The molecule has 80 valence electrons. The fourth-order valence-electron chi connectivity index (χ4n) is 1.25. The Morgan fingerprint density at radius 3 is 3.00 bits per heavy atom. The van der Waals surface area contributed by atoms with Crippen molar-refractivity contribution in [2.45, 2.75) is 31.7 Å². The minimum absolute atomic E-state index is 0.219. The maximum Gasteiger partial charge on any atom is 0.0964 e. The number of halogens is 1. The Bertz CT molecular complexity index is 261. The SMILES string of the molecule is CCCC(Cl)CNCc1cn(C)nn1. The van der Waals surface area contributed by atoms with Gasteiger partial charge in [0.1, 0.15) is 0 Å². The lowest BCUT2D eigenvalue weighted by atomic mass is 10.2. The number of nitrogens with one attached hydrogen (secondary N) is 1. The summed E-state index contributed by atoms with van der Waals surface area (Å²) in [7, 11) is 1.86. The van der Waals surface area contributed by atoms with Crippen molar-refractivity contribution in [3.8, 4) is 0 Å². The molecule has 0 spiro atoms. The van der Waals surface area contributed by atoms with Crippen LogP contribution >= 0.6 is 11.6 Å². The van der Waals surface area contributed by atoms with Gasteiger partial charge in [-0.25, -0.2) is 0 Å². The van der Waals surface area contributed by atoms with Gasteiger partial charge in [-0.2, -0.15) is 0 Å². The molecule has 0 bridgehead atoms. The predicted octanol–water partition coefficient (Wildman–Crippen LogP) is 1.31. The Morgan fingerprint density at radius 1 is 1.64 bits per heavy atom. The fraction of sp³-hybridized carbons (Fsp3) is 0.778. The zero-order valence-electron chi connectivity index (χ0n) is 8.70. The molecule has 4 nitrogen and oxygen atoms in total. The minimum atomic E-state index is 0.219. The number of aryl methyl sites for hydroxylation is 1. The van der Waals surface area contributed by atoms with E-state index in [0.29, 0.717) is 0 Å². The van der Waals surface area contributed by atoms with Gasteiger partial charge in [0.2, 0.25) is 0 Å². The Balaban J connectivity index is 2.15. The predicted molar refractivity (Wildman–Crippen MR) is 57.3 cm³/mol. The molecular weight excluding hydrogens is 200 g/mol. The number of nitrogens with zero attached hydrogens (tertiary/aromatic N) is 3. The first kappa shape index (κ1) is 11.5. The maximum atomic E-state index is 6.05. The second kappa shape index (κ2) is 5.98. The number of rotatable bonds is 6. The number of hydrogen-bond donors (Lipinski definition) is 1. The summed E-state index contributed by atoms with van der Waals surface area (Å²) in [6, 6.07) is 0. The van der Waals surface area contributed by atoms with Crippen molar-refractivity contribution in [2.75, 3.05) is 6.54 Å². The summed E-state index contributed by atoms with van der Waals surface area (Å²) >= 11 is 6.05. The molecule has 0 fully saturated rings. The van der Waals surface area contributed by atoms with Gasteiger partial charge in [0, 0.05) is 31.7 Å². The van der Waals surface area contributed by atoms with Crippen LogP contribution < -0.4 is 5.32 Å². The van der Waals surface area contributed by atoms with E-state index in [-0.39, 0.29) is 5.38 Å². The highest BCUT2D eigenvalue weighted by molar-refractivity contribution is 6.20. The second-order valence-electron chi connectivity index (χ2n) is 3.40. The Labute approximate surface area is 89.6 Å². The smallest absolute Gasteiger partial charge is 0.0964 e. The maximum absolute atomic E-state index is 6.05. The molecule has 0 amide bonds. The number of aromatic nitrogens is 3. The van der Waals surface area contributed by atoms with E-state index < -0.39 is 0 Å². The average molecular weight is 217 g/mol. The van der Waals surface area contributed by atoms with Crippen LogP contribution in [0.5, 0.6) is 0 Å². The van der Waals surface area contributed by atoms with Crippen LogP contribution in [0.3, 0.4) is 0 Å². The summed E-state index contributed by atoms with van der Waals surface area (Å²) < 4.78 is 1.70. The summed E-state index contributed by atoms with van der Waals surface area (Å²) in [4.78, 5) is 0. The van der Waals surface area contributed by atoms with Crippen molar-refractivity contribution in [1.82, 2.24) is 20.3 Å². The first-order valence-corrected chi connectivity index (χ1v) is 5.36. The van der Waals surface area contributed by atoms with Gasteiger partial charge in [0.05, 0.1) is 5.69 Å². The monoisotopic (exact) mass is 216 g/mol. The standard InChI is InChI=1S/C9H17ClN4/c1-3-4-8(10)5-11-6-9-7-14(2)13-12-9/h7-8,11H,3-6H2,1-2H3. The molecule has 0 aliphatic heterocycles. The third-order valence-corrected chi connectivity index (χ3v) is 2.30. The van der Waals surface area contributed by atoms with E-state index in [1.54, 1.807) is 4.68 Å². The fourth-order valence-corrected chi connectivity index (χ4v) is 1.58. The molecule has 1 atom stereocenters. The highest BCUT2D eigenvalue weighted by atomic mass is 35.5. The van der Waals surface area contributed by atoms with Crippen molar-refractivity contribution in [2.24, 2.45) is 7.05 Å². The molecule has 1 N–H and O–H groups in total. The lowest BCUT2D eigenvalue weighted by Crippen LogP contribution is -2.22. The zero-order chi connectivity index (χ0) is 10.4. The summed E-state index contributed by atoms with van der Waals surface area (Å²) in [5.41, 5.74) is 0.952. The van der Waals surface area contributed by atoms with Gasteiger partial charge in [0.15, 0.2) is 0 Å². The van der Waals surface area contributed by atoms with Crippen LogP contribution in [0.1, 0.15) is 25.5 Å². The van der Waals surface area contributed by atoms with E-state index in [9.17, 15) is 0 Å². The first-order valence-electron chi connectivity index (χ1n) is 4.92. The topological polar surface area (TPSA) is 42.7 Å². The van der Waals surface area contributed by atoms with Crippen LogP contribution in [0.2, 0.25) is 0 Å². The summed E-state index contributed by atoms with van der Waals surface area (Å²) in [6.07, 6.45) is 4.08. The largest absolute Gasteiger partial charge is 0.310 e. The van der Waals surface area contributed by atoms with Crippen LogP contribution in [-0.2, 0) is 13.6 Å². The summed E-state index contributed by atoms with van der Waals surface area (Å²) in [6.45, 7) is 3.70. The van der Waals surface area contributed by atoms with Crippen LogP contribution in [-0.4, -0.2) is 26.9 Å². The van der Waals surface area contributed by atoms with Crippen LogP contribution in [0.25, 0.3) is 0 Å². The van der Waals surface area contributed by atoms with Gasteiger partial charge in [-0.05, 0) is 6.42 Å². The van der Waals surface area contributed by atoms with Gasteiger partial charge < -0.3 is 5.32 Å². The third kappa shape index (κ3) is 4.07.